The zero-order valence-corrected chi connectivity index (χ0v) is 14.7. The highest BCUT2D eigenvalue weighted by Gasteiger charge is 2.77. The Morgan fingerprint density at radius 3 is 2.67 bits per heavy atom. The van der Waals surface area contributed by atoms with Crippen molar-refractivity contribution in [3.63, 3.8) is 0 Å². The average Bonchev–Trinajstić information content (AvgIpc) is 3.21. The molecule has 27 heavy (non-hydrogen) atoms. The standard InChI is InChI=1S/C23H19FN2O/c24-17-10-11-19-23-16-8-4-5-9-18(16)26-22(23,21(27)25-19)13-15(20(17)23)12-14-6-2-1-3-7-14/h1-11,15,20,26H,12-13H2,(H,25,27)/t15-,20-,22-,23+/m0/s1. The fourth-order valence-corrected chi connectivity index (χ4v) is 6.18. The lowest BCUT2D eigenvalue weighted by Gasteiger charge is -2.39. The zero-order chi connectivity index (χ0) is 18.2. The molecule has 1 saturated heterocycles. The van der Waals surface area contributed by atoms with E-state index in [1.807, 2.05) is 36.4 Å². The van der Waals surface area contributed by atoms with Gasteiger partial charge in [0.25, 0.3) is 5.91 Å². The van der Waals surface area contributed by atoms with E-state index in [0.29, 0.717) is 6.42 Å². The van der Waals surface area contributed by atoms with Crippen LogP contribution in [0.2, 0.25) is 0 Å². The summed E-state index contributed by atoms with van der Waals surface area (Å²) in [5.41, 5.74) is 2.55. The van der Waals surface area contributed by atoms with Crippen LogP contribution in [0.3, 0.4) is 0 Å². The number of hydrogen-bond acceptors (Lipinski definition) is 2. The summed E-state index contributed by atoms with van der Waals surface area (Å²) < 4.78 is 15.4. The smallest absolute Gasteiger partial charge is 0.251 e. The van der Waals surface area contributed by atoms with E-state index in [9.17, 15) is 4.79 Å². The first-order valence-corrected chi connectivity index (χ1v) is 9.48. The van der Waals surface area contributed by atoms with E-state index < -0.39 is 11.0 Å². The quantitative estimate of drug-likeness (QED) is 0.856. The van der Waals surface area contributed by atoms with Gasteiger partial charge in [-0.15, -0.1) is 0 Å². The van der Waals surface area contributed by atoms with Gasteiger partial charge >= 0.3 is 0 Å². The van der Waals surface area contributed by atoms with Crippen LogP contribution in [0.5, 0.6) is 0 Å². The lowest BCUT2D eigenvalue weighted by Crippen LogP contribution is -2.52. The molecule has 2 aliphatic heterocycles. The summed E-state index contributed by atoms with van der Waals surface area (Å²) in [5.74, 6) is -0.433. The SMILES string of the molecule is O=C1NC2=CC=C(F)[C@@H]3[C@@H](Cc4ccccc4)C[C@]14Nc1ccccc1[C@@]234. The molecule has 1 spiro atoms. The Balaban J connectivity index is 1.58. The number of hydrogen-bond donors (Lipinski definition) is 2. The third kappa shape index (κ3) is 1.61. The predicted octanol–water partition coefficient (Wildman–Crippen LogP) is 3.85. The fraction of sp³-hybridized carbons (Fsp3) is 0.261. The molecule has 3 nitrogen and oxygen atoms in total. The maximum absolute atomic E-state index is 15.4. The molecule has 0 bridgehead atoms. The number of rotatable bonds is 2. The molecular formula is C23H19FN2O. The van der Waals surface area contributed by atoms with Crippen molar-refractivity contribution in [2.75, 3.05) is 5.32 Å². The predicted molar refractivity (Wildman–Crippen MR) is 102 cm³/mol. The first kappa shape index (κ1) is 15.2. The van der Waals surface area contributed by atoms with Gasteiger partial charge in [0, 0.05) is 17.3 Å². The van der Waals surface area contributed by atoms with Crippen molar-refractivity contribution < 1.29 is 9.18 Å². The second kappa shape index (κ2) is 4.89. The Kier molecular flexibility index (Phi) is 2.75. The van der Waals surface area contributed by atoms with Crippen LogP contribution < -0.4 is 10.6 Å². The number of allylic oxidation sites excluding steroid dienone is 3. The Bertz CT molecular complexity index is 1040. The maximum Gasteiger partial charge on any atom is 0.251 e. The molecule has 4 heteroatoms. The molecule has 2 aromatic carbocycles. The second-order valence-electron chi connectivity index (χ2n) is 8.10. The molecule has 134 valence electrons. The number of carbonyl (C=O) groups is 1. The third-order valence-electron chi connectivity index (χ3n) is 6.99. The van der Waals surface area contributed by atoms with E-state index in [1.54, 1.807) is 12.2 Å². The molecule has 4 aliphatic rings. The van der Waals surface area contributed by atoms with Crippen LogP contribution in [0.4, 0.5) is 10.1 Å². The normalized spacial score (nSPS) is 34.8. The number of para-hydroxylation sites is 1. The number of halogens is 1. The van der Waals surface area contributed by atoms with Gasteiger partial charge in [-0.1, -0.05) is 48.5 Å². The van der Waals surface area contributed by atoms with Crippen LogP contribution in [-0.4, -0.2) is 11.4 Å². The van der Waals surface area contributed by atoms with Crippen molar-refractivity contribution in [1.82, 2.24) is 5.32 Å². The Hall–Kier alpha value is -2.88. The molecule has 0 unspecified atom stereocenters. The van der Waals surface area contributed by atoms with E-state index in [4.69, 9.17) is 0 Å². The molecule has 2 N–H and O–H groups in total. The first-order chi connectivity index (χ1) is 13.2. The number of amides is 1. The molecule has 4 atom stereocenters. The molecule has 2 fully saturated rings. The minimum absolute atomic E-state index is 0.0337. The van der Waals surface area contributed by atoms with Gasteiger partial charge in [-0.25, -0.2) is 4.39 Å². The van der Waals surface area contributed by atoms with Crippen molar-refractivity contribution in [2.45, 2.75) is 23.8 Å². The summed E-state index contributed by atoms with van der Waals surface area (Å²) in [7, 11) is 0. The summed E-state index contributed by atoms with van der Waals surface area (Å²) >= 11 is 0. The molecule has 2 heterocycles. The van der Waals surface area contributed by atoms with Crippen molar-refractivity contribution in [2.24, 2.45) is 11.8 Å². The van der Waals surface area contributed by atoms with Crippen LogP contribution in [0.25, 0.3) is 0 Å². The number of benzene rings is 2. The van der Waals surface area contributed by atoms with Gasteiger partial charge in [-0.05, 0) is 48.1 Å². The zero-order valence-electron chi connectivity index (χ0n) is 14.7. The lowest BCUT2D eigenvalue weighted by atomic mass is 9.62. The summed E-state index contributed by atoms with van der Waals surface area (Å²) in [5, 5.41) is 6.60. The molecule has 1 saturated carbocycles. The van der Waals surface area contributed by atoms with Gasteiger partial charge < -0.3 is 10.6 Å². The average molecular weight is 358 g/mol. The summed E-state index contributed by atoms with van der Waals surface area (Å²) in [6.45, 7) is 0. The number of nitrogens with one attached hydrogen (secondary N) is 2. The third-order valence-corrected chi connectivity index (χ3v) is 6.99. The van der Waals surface area contributed by atoms with Crippen molar-refractivity contribution >= 4 is 11.6 Å². The minimum Gasteiger partial charge on any atom is -0.370 e. The molecular weight excluding hydrogens is 339 g/mol. The second-order valence-corrected chi connectivity index (χ2v) is 8.10. The van der Waals surface area contributed by atoms with Crippen LogP contribution in [0.1, 0.15) is 17.5 Å². The monoisotopic (exact) mass is 358 g/mol. The van der Waals surface area contributed by atoms with E-state index >= 15 is 4.39 Å². The number of anilines is 1. The summed E-state index contributed by atoms with van der Waals surface area (Å²) in [6, 6.07) is 18.2. The molecule has 2 aromatic rings. The largest absolute Gasteiger partial charge is 0.370 e. The van der Waals surface area contributed by atoms with Gasteiger partial charge in [0.05, 0.1) is 5.41 Å². The number of fused-ring (bicyclic) bond motifs is 1. The van der Waals surface area contributed by atoms with Crippen molar-refractivity contribution in [1.29, 1.82) is 0 Å². The lowest BCUT2D eigenvalue weighted by molar-refractivity contribution is -0.123. The van der Waals surface area contributed by atoms with E-state index in [2.05, 4.69) is 28.8 Å². The van der Waals surface area contributed by atoms with Gasteiger partial charge in [-0.2, -0.15) is 0 Å². The maximum atomic E-state index is 15.4. The van der Waals surface area contributed by atoms with Crippen LogP contribution in [-0.2, 0) is 16.6 Å². The van der Waals surface area contributed by atoms with Crippen molar-refractivity contribution in [3.8, 4) is 0 Å². The first-order valence-electron chi connectivity index (χ1n) is 9.48. The van der Waals surface area contributed by atoms with Gasteiger partial charge in [0.1, 0.15) is 11.4 Å². The Morgan fingerprint density at radius 1 is 1.04 bits per heavy atom. The van der Waals surface area contributed by atoms with Crippen molar-refractivity contribution in [3.05, 3.63) is 89.4 Å². The Labute approximate surface area is 157 Å². The molecule has 1 amide bonds. The van der Waals surface area contributed by atoms with Crippen LogP contribution in [0, 0.1) is 11.8 Å². The summed E-state index contributed by atoms with van der Waals surface area (Å²) in [6.07, 6.45) is 4.69. The summed E-state index contributed by atoms with van der Waals surface area (Å²) in [4.78, 5) is 13.2. The molecule has 0 aromatic heterocycles. The highest BCUT2D eigenvalue weighted by molar-refractivity contribution is 6.02. The molecule has 2 aliphatic carbocycles. The fourth-order valence-electron chi connectivity index (χ4n) is 6.18. The van der Waals surface area contributed by atoms with Gasteiger partial charge in [0.15, 0.2) is 0 Å². The topological polar surface area (TPSA) is 41.1 Å². The highest BCUT2D eigenvalue weighted by Crippen LogP contribution is 2.69. The van der Waals surface area contributed by atoms with E-state index in [-0.39, 0.29) is 23.6 Å². The van der Waals surface area contributed by atoms with Crippen LogP contribution >= 0.6 is 0 Å². The molecule has 0 radical (unpaired) electrons. The Morgan fingerprint density at radius 2 is 1.81 bits per heavy atom. The van der Waals surface area contributed by atoms with Gasteiger partial charge in [-0.3, -0.25) is 4.79 Å². The number of carbonyl (C=O) groups excluding carboxylic acids is 1. The highest BCUT2D eigenvalue weighted by atomic mass is 19.1. The van der Waals surface area contributed by atoms with Crippen LogP contribution in [0.15, 0.2) is 78.3 Å². The van der Waals surface area contributed by atoms with E-state index in [1.165, 1.54) is 5.56 Å². The van der Waals surface area contributed by atoms with Gasteiger partial charge in [0.2, 0.25) is 0 Å². The van der Waals surface area contributed by atoms with E-state index in [0.717, 1.165) is 23.4 Å². The minimum atomic E-state index is -0.807. The molecule has 6 rings (SSSR count).